The number of phosphoric acid groups is 1. The topological polar surface area (TPSA) is 172 Å². The number of unbranched alkanes of at least 4 members (excludes halogenated alkanes) is 15. The maximum Gasteiger partial charge on any atom is 0.472 e. The molecule has 0 saturated heterocycles. The van der Waals surface area contributed by atoms with Crippen LogP contribution in [0.5, 0.6) is 0 Å². The van der Waals surface area contributed by atoms with Gasteiger partial charge in [-0.25, -0.2) is 4.57 Å². The van der Waals surface area contributed by atoms with Gasteiger partial charge in [0.15, 0.2) is 6.10 Å². The number of nitrogens with two attached hydrogens (primary N) is 1. The summed E-state index contributed by atoms with van der Waals surface area (Å²) in [5.41, 5.74) is 5.32. The lowest BCUT2D eigenvalue weighted by molar-refractivity contribution is -0.161. The summed E-state index contributed by atoms with van der Waals surface area (Å²) < 4.78 is 32.6. The maximum absolute atomic E-state index is 12.6. The number of hydrogen-bond donors (Lipinski definition) is 3. The number of phosphoric ester groups is 1. The van der Waals surface area contributed by atoms with E-state index in [1.165, 1.54) is 70.6 Å². The molecular formula is C46H76NO10P. The van der Waals surface area contributed by atoms with Gasteiger partial charge in [0, 0.05) is 12.8 Å². The highest BCUT2D eigenvalue weighted by atomic mass is 31.2. The lowest BCUT2D eigenvalue weighted by Gasteiger charge is -2.20. The Morgan fingerprint density at radius 2 is 1.02 bits per heavy atom. The summed E-state index contributed by atoms with van der Waals surface area (Å²) in [7, 11) is -4.74. The van der Waals surface area contributed by atoms with Gasteiger partial charge >= 0.3 is 25.7 Å². The average molecular weight is 834 g/mol. The number of carboxylic acid groups (broad SMARTS) is 1. The molecule has 12 heteroatoms. The number of hydrogen-bond acceptors (Lipinski definition) is 9. The minimum absolute atomic E-state index is 0.0612. The summed E-state index contributed by atoms with van der Waals surface area (Å²) in [6, 6.07) is -1.54. The molecule has 0 radical (unpaired) electrons. The van der Waals surface area contributed by atoms with Gasteiger partial charge in [-0.15, -0.1) is 0 Å². The van der Waals surface area contributed by atoms with Gasteiger partial charge in [0.2, 0.25) is 0 Å². The summed E-state index contributed by atoms with van der Waals surface area (Å²) in [5, 5.41) is 8.88. The third kappa shape index (κ3) is 39.5. The molecule has 0 aliphatic rings. The van der Waals surface area contributed by atoms with Crippen LogP contribution in [-0.4, -0.2) is 59.9 Å². The van der Waals surface area contributed by atoms with E-state index in [2.05, 4.69) is 48.8 Å². The van der Waals surface area contributed by atoms with Crippen molar-refractivity contribution in [2.75, 3.05) is 19.8 Å². The number of carbonyl (C=O) groups is 3. The highest BCUT2D eigenvalue weighted by Gasteiger charge is 2.28. The quantitative estimate of drug-likeness (QED) is 0.0177. The Hall–Kier alpha value is -3.34. The number of ether oxygens (including phenoxy) is 2. The van der Waals surface area contributed by atoms with Crippen molar-refractivity contribution < 1.29 is 47.5 Å². The molecule has 0 spiro atoms. The predicted molar refractivity (Wildman–Crippen MR) is 235 cm³/mol. The molecule has 0 fully saturated rings. The van der Waals surface area contributed by atoms with Crippen LogP contribution in [0.15, 0.2) is 85.1 Å². The van der Waals surface area contributed by atoms with Gasteiger partial charge in [-0.05, 0) is 51.4 Å². The molecule has 0 aliphatic carbocycles. The van der Waals surface area contributed by atoms with E-state index in [0.29, 0.717) is 19.3 Å². The number of rotatable bonds is 39. The van der Waals surface area contributed by atoms with E-state index >= 15 is 0 Å². The first-order valence-corrected chi connectivity index (χ1v) is 23.2. The van der Waals surface area contributed by atoms with Gasteiger partial charge in [0.25, 0.3) is 0 Å². The zero-order chi connectivity index (χ0) is 42.8. The summed E-state index contributed by atoms with van der Waals surface area (Å²) in [5.74, 6) is -2.48. The lowest BCUT2D eigenvalue weighted by atomic mass is 10.0. The summed E-state index contributed by atoms with van der Waals surface area (Å²) >= 11 is 0. The molecule has 58 heavy (non-hydrogen) atoms. The summed E-state index contributed by atoms with van der Waals surface area (Å²) in [6.45, 7) is 2.47. The van der Waals surface area contributed by atoms with Crippen molar-refractivity contribution in [2.45, 2.75) is 167 Å². The second-order valence-electron chi connectivity index (χ2n) is 14.2. The van der Waals surface area contributed by atoms with Crippen molar-refractivity contribution in [3.05, 3.63) is 85.1 Å². The molecule has 0 heterocycles. The second-order valence-corrected chi connectivity index (χ2v) is 15.6. The van der Waals surface area contributed by atoms with Crippen LogP contribution >= 0.6 is 7.82 Å². The van der Waals surface area contributed by atoms with Crippen LogP contribution < -0.4 is 5.73 Å². The van der Waals surface area contributed by atoms with Crippen LogP contribution in [0.2, 0.25) is 0 Å². The molecule has 0 aliphatic heterocycles. The Morgan fingerprint density at radius 3 is 1.59 bits per heavy atom. The van der Waals surface area contributed by atoms with Crippen molar-refractivity contribution in [1.29, 1.82) is 0 Å². The predicted octanol–water partition coefficient (Wildman–Crippen LogP) is 11.5. The fourth-order valence-electron chi connectivity index (χ4n) is 5.43. The number of carboxylic acids is 1. The van der Waals surface area contributed by atoms with Crippen molar-refractivity contribution in [1.82, 2.24) is 0 Å². The first-order chi connectivity index (χ1) is 28.1. The molecule has 330 valence electrons. The Kier molecular flexibility index (Phi) is 38.1. The van der Waals surface area contributed by atoms with Gasteiger partial charge < -0.3 is 25.2 Å². The minimum Gasteiger partial charge on any atom is -0.480 e. The summed E-state index contributed by atoms with van der Waals surface area (Å²) in [4.78, 5) is 45.9. The molecule has 0 rings (SSSR count). The van der Waals surface area contributed by atoms with E-state index in [-0.39, 0.29) is 19.4 Å². The maximum atomic E-state index is 12.6. The second kappa shape index (κ2) is 40.4. The van der Waals surface area contributed by atoms with Crippen molar-refractivity contribution in [3.8, 4) is 0 Å². The molecule has 0 aromatic carbocycles. The normalized spacial score (nSPS) is 14.6. The van der Waals surface area contributed by atoms with Crippen LogP contribution in [0.1, 0.15) is 155 Å². The van der Waals surface area contributed by atoms with Crippen LogP contribution in [-0.2, 0) is 37.5 Å². The molecule has 0 amide bonds. The smallest absolute Gasteiger partial charge is 0.472 e. The zero-order valence-corrected chi connectivity index (χ0v) is 36.5. The van der Waals surface area contributed by atoms with E-state index in [1.54, 1.807) is 0 Å². The van der Waals surface area contributed by atoms with Crippen LogP contribution in [0, 0.1) is 0 Å². The number of aliphatic carboxylic acids is 1. The minimum atomic E-state index is -4.74. The van der Waals surface area contributed by atoms with Gasteiger partial charge in [0.05, 0.1) is 13.2 Å². The summed E-state index contributed by atoms with van der Waals surface area (Å²) in [6.07, 6.45) is 49.6. The molecule has 3 atom stereocenters. The first-order valence-electron chi connectivity index (χ1n) is 21.7. The number of allylic oxidation sites excluding steroid dienone is 14. The SMILES string of the molecule is CC/C=C/C=C/C=C/C=C/C=C/CCCC(=O)OC(COC(=O)CCCCCCCCCCCCCCCC/C=C/C/C=C/CC)COP(=O)(O)OC[C@H](N)C(=O)O. The van der Waals surface area contributed by atoms with Crippen molar-refractivity contribution in [3.63, 3.8) is 0 Å². The Bertz CT molecular complexity index is 1300. The molecule has 2 unspecified atom stereocenters. The third-order valence-corrected chi connectivity index (χ3v) is 9.72. The van der Waals surface area contributed by atoms with E-state index in [1.807, 2.05) is 54.7 Å². The van der Waals surface area contributed by atoms with E-state index in [9.17, 15) is 23.8 Å². The Balaban J connectivity index is 4.36. The third-order valence-electron chi connectivity index (χ3n) is 8.77. The fourth-order valence-corrected chi connectivity index (χ4v) is 6.20. The number of carbonyl (C=O) groups excluding carboxylic acids is 2. The van der Waals surface area contributed by atoms with Gasteiger partial charge in [-0.3, -0.25) is 23.4 Å². The Labute approximate surface area is 350 Å². The van der Waals surface area contributed by atoms with E-state index in [4.69, 9.17) is 24.8 Å². The standard InChI is InChI=1S/C46H76NO10P/c1-3-5-7-9-11-13-15-17-18-19-20-21-22-23-24-26-27-29-31-33-35-37-44(48)54-39-42(40-55-58(52,53)56-41-43(47)46(50)51)57-45(49)38-36-34-32-30-28-25-16-14-12-10-8-6-4-2/h5-8,10-14,16,25,28,30,32,42-43H,3-4,9,15,17-24,26-27,29,31,33-41,47H2,1-2H3,(H,50,51)(H,52,53)/b7-5+,8-6+,12-10+,13-11+,16-14+,28-25+,32-30+/t42?,43-/m0/s1. The Morgan fingerprint density at radius 1 is 0.552 bits per heavy atom. The van der Waals surface area contributed by atoms with Gasteiger partial charge in [-0.1, -0.05) is 176 Å². The zero-order valence-electron chi connectivity index (χ0n) is 35.6. The van der Waals surface area contributed by atoms with Gasteiger partial charge in [0.1, 0.15) is 12.6 Å². The fraction of sp³-hybridized carbons (Fsp3) is 0.630. The van der Waals surface area contributed by atoms with Crippen molar-refractivity contribution >= 4 is 25.7 Å². The average Bonchev–Trinajstić information content (AvgIpc) is 3.20. The van der Waals surface area contributed by atoms with Crippen LogP contribution in [0.3, 0.4) is 0 Å². The lowest BCUT2D eigenvalue weighted by Crippen LogP contribution is -2.34. The van der Waals surface area contributed by atoms with E-state index < -0.39 is 51.1 Å². The van der Waals surface area contributed by atoms with Crippen molar-refractivity contribution in [2.24, 2.45) is 5.73 Å². The monoisotopic (exact) mass is 834 g/mol. The van der Waals surface area contributed by atoms with Crippen LogP contribution in [0.4, 0.5) is 0 Å². The van der Waals surface area contributed by atoms with Crippen LogP contribution in [0.25, 0.3) is 0 Å². The molecular weight excluding hydrogens is 757 g/mol. The highest BCUT2D eigenvalue weighted by Crippen LogP contribution is 2.43. The van der Waals surface area contributed by atoms with E-state index in [0.717, 1.165) is 38.5 Å². The molecule has 0 bridgehead atoms. The molecule has 0 aromatic heterocycles. The molecule has 11 nitrogen and oxygen atoms in total. The molecule has 4 N–H and O–H groups in total. The largest absolute Gasteiger partial charge is 0.480 e. The molecule has 0 aromatic rings. The highest BCUT2D eigenvalue weighted by molar-refractivity contribution is 7.47. The first kappa shape index (κ1) is 54.7. The van der Waals surface area contributed by atoms with Gasteiger partial charge in [-0.2, -0.15) is 0 Å². The molecule has 0 saturated carbocycles. The number of esters is 2.